The Labute approximate surface area is 116 Å². The molecule has 0 saturated heterocycles. The first-order chi connectivity index (χ1) is 8.98. The van der Waals surface area contributed by atoms with E-state index < -0.39 is 10.0 Å². The van der Waals surface area contributed by atoms with Gasteiger partial charge >= 0.3 is 0 Å². The molecule has 8 heteroatoms. The van der Waals surface area contributed by atoms with Crippen LogP contribution in [0, 0.1) is 0 Å². The number of hydrogen-bond acceptors (Lipinski definition) is 4. The van der Waals surface area contributed by atoms with E-state index in [9.17, 15) is 8.42 Å². The Kier molecular flexibility index (Phi) is 4.06. The number of aromatic nitrogens is 3. The molecule has 2 rings (SSSR count). The summed E-state index contributed by atoms with van der Waals surface area (Å²) in [5.74, 6) is 0.0550. The highest BCUT2D eigenvalue weighted by Crippen LogP contribution is 2.12. The van der Waals surface area contributed by atoms with E-state index in [0.29, 0.717) is 11.6 Å². The third kappa shape index (κ3) is 3.93. The predicted molar refractivity (Wildman–Crippen MR) is 73.7 cm³/mol. The van der Waals surface area contributed by atoms with Gasteiger partial charge in [0.1, 0.15) is 6.33 Å². The molecule has 1 aromatic carbocycles. The summed E-state index contributed by atoms with van der Waals surface area (Å²) < 4.78 is 26.6. The Balaban J connectivity index is 2.10. The van der Waals surface area contributed by atoms with Gasteiger partial charge in [-0.05, 0) is 24.6 Å². The first-order valence-electron chi connectivity index (χ1n) is 5.63. The molecule has 0 spiro atoms. The SMILES string of the molecule is CCS(=O)(=O)Nc1ncn(Cc2cccc(Cl)c2)n1. The highest BCUT2D eigenvalue weighted by atomic mass is 35.5. The largest absolute Gasteiger partial charge is 0.255 e. The molecule has 0 aliphatic rings. The second kappa shape index (κ2) is 5.58. The maximum absolute atomic E-state index is 11.4. The van der Waals surface area contributed by atoms with Crippen LogP contribution in [0.1, 0.15) is 12.5 Å². The first-order valence-corrected chi connectivity index (χ1v) is 7.66. The van der Waals surface area contributed by atoms with Crippen molar-refractivity contribution >= 4 is 27.6 Å². The van der Waals surface area contributed by atoms with Crippen molar-refractivity contribution in [3.8, 4) is 0 Å². The van der Waals surface area contributed by atoms with Crippen molar-refractivity contribution in [2.45, 2.75) is 13.5 Å². The van der Waals surface area contributed by atoms with Gasteiger partial charge < -0.3 is 0 Å². The molecule has 1 aromatic heterocycles. The smallest absolute Gasteiger partial charge is 0.250 e. The van der Waals surface area contributed by atoms with Gasteiger partial charge in [-0.15, -0.1) is 5.10 Å². The molecule has 0 aliphatic heterocycles. The summed E-state index contributed by atoms with van der Waals surface area (Å²) in [5.41, 5.74) is 0.960. The Morgan fingerprint density at radius 1 is 1.42 bits per heavy atom. The summed E-state index contributed by atoms with van der Waals surface area (Å²) in [4.78, 5) is 3.90. The van der Waals surface area contributed by atoms with Gasteiger partial charge in [0.15, 0.2) is 0 Å². The number of sulfonamides is 1. The third-order valence-electron chi connectivity index (χ3n) is 2.40. The Bertz CT molecular complexity index is 669. The van der Waals surface area contributed by atoms with Gasteiger partial charge in [0.2, 0.25) is 10.0 Å². The van der Waals surface area contributed by atoms with Gasteiger partial charge in [0.05, 0.1) is 12.3 Å². The standard InChI is InChI=1S/C11H13ClN4O2S/c1-2-19(17,18)15-11-13-8-16(14-11)7-9-4-3-5-10(12)6-9/h3-6,8H,2,7H2,1H3,(H,14,15). The zero-order valence-electron chi connectivity index (χ0n) is 10.2. The van der Waals surface area contributed by atoms with E-state index in [1.165, 1.54) is 6.33 Å². The van der Waals surface area contributed by atoms with Gasteiger partial charge in [-0.25, -0.2) is 17.8 Å². The molecule has 0 aliphatic carbocycles. The number of anilines is 1. The van der Waals surface area contributed by atoms with Crippen molar-refractivity contribution < 1.29 is 8.42 Å². The topological polar surface area (TPSA) is 76.9 Å². The maximum Gasteiger partial charge on any atom is 0.255 e. The lowest BCUT2D eigenvalue weighted by Gasteiger charge is -2.02. The van der Waals surface area contributed by atoms with Gasteiger partial charge in [-0.3, -0.25) is 0 Å². The molecule has 0 bridgehead atoms. The molecule has 19 heavy (non-hydrogen) atoms. The quantitative estimate of drug-likeness (QED) is 0.912. The van der Waals surface area contributed by atoms with Gasteiger partial charge in [0.25, 0.3) is 5.95 Å². The minimum atomic E-state index is -3.35. The molecule has 6 nitrogen and oxygen atoms in total. The van der Waals surface area contributed by atoms with E-state index in [4.69, 9.17) is 11.6 Å². The van der Waals surface area contributed by atoms with Gasteiger partial charge in [-0.1, -0.05) is 23.7 Å². The van der Waals surface area contributed by atoms with Crippen LogP contribution in [0.4, 0.5) is 5.95 Å². The number of rotatable bonds is 5. The molecule has 102 valence electrons. The average Bonchev–Trinajstić information content (AvgIpc) is 2.76. The van der Waals surface area contributed by atoms with E-state index in [-0.39, 0.29) is 11.7 Å². The molecule has 1 heterocycles. The summed E-state index contributed by atoms with van der Waals surface area (Å²) in [6.45, 7) is 2.02. The summed E-state index contributed by atoms with van der Waals surface area (Å²) in [6, 6.07) is 7.35. The van der Waals surface area contributed by atoms with E-state index in [1.54, 1.807) is 17.7 Å². The molecular weight excluding hydrogens is 288 g/mol. The molecule has 0 unspecified atom stereocenters. The zero-order chi connectivity index (χ0) is 13.9. The van der Waals surface area contributed by atoms with E-state index in [0.717, 1.165) is 5.56 Å². The lowest BCUT2D eigenvalue weighted by atomic mass is 10.2. The molecule has 0 amide bonds. The first kappa shape index (κ1) is 13.8. The summed E-state index contributed by atoms with van der Waals surface area (Å²) >= 11 is 5.89. The van der Waals surface area contributed by atoms with Crippen LogP contribution in [0.5, 0.6) is 0 Å². The molecular formula is C11H13ClN4O2S. The van der Waals surface area contributed by atoms with E-state index >= 15 is 0 Å². The van der Waals surface area contributed by atoms with Crippen LogP contribution in [0.15, 0.2) is 30.6 Å². The minimum absolute atomic E-state index is 0.0180. The lowest BCUT2D eigenvalue weighted by Crippen LogP contribution is -2.15. The van der Waals surface area contributed by atoms with Crippen molar-refractivity contribution in [1.29, 1.82) is 0 Å². The Hall–Kier alpha value is -1.60. The van der Waals surface area contributed by atoms with Crippen molar-refractivity contribution in [2.75, 3.05) is 10.5 Å². The molecule has 0 fully saturated rings. The van der Waals surface area contributed by atoms with Crippen molar-refractivity contribution in [3.05, 3.63) is 41.2 Å². The van der Waals surface area contributed by atoms with Crippen molar-refractivity contribution in [2.24, 2.45) is 0 Å². The molecule has 0 radical (unpaired) electrons. The number of nitrogens with one attached hydrogen (secondary N) is 1. The maximum atomic E-state index is 11.4. The normalized spacial score (nSPS) is 11.5. The fraction of sp³-hybridized carbons (Fsp3) is 0.273. The second-order valence-corrected chi connectivity index (χ2v) is 6.35. The highest BCUT2D eigenvalue weighted by molar-refractivity contribution is 7.92. The molecule has 0 atom stereocenters. The number of nitrogens with zero attached hydrogens (tertiary/aromatic N) is 3. The summed E-state index contributed by atoms with van der Waals surface area (Å²) in [7, 11) is -3.35. The van der Waals surface area contributed by atoms with Crippen LogP contribution in [-0.2, 0) is 16.6 Å². The van der Waals surface area contributed by atoms with Crippen LogP contribution in [0.2, 0.25) is 5.02 Å². The fourth-order valence-corrected chi connectivity index (χ4v) is 2.18. The van der Waals surface area contributed by atoms with Crippen molar-refractivity contribution in [3.63, 3.8) is 0 Å². The van der Waals surface area contributed by atoms with Crippen LogP contribution in [0.3, 0.4) is 0 Å². The Morgan fingerprint density at radius 3 is 2.89 bits per heavy atom. The van der Waals surface area contributed by atoms with Gasteiger partial charge in [-0.2, -0.15) is 4.98 Å². The monoisotopic (exact) mass is 300 g/mol. The predicted octanol–water partition coefficient (Wildman–Crippen LogP) is 1.74. The number of hydrogen-bond donors (Lipinski definition) is 1. The van der Waals surface area contributed by atoms with E-state index in [2.05, 4.69) is 14.8 Å². The summed E-state index contributed by atoms with van der Waals surface area (Å²) in [5, 5.41) is 4.68. The summed E-state index contributed by atoms with van der Waals surface area (Å²) in [6.07, 6.45) is 1.47. The number of halogens is 1. The van der Waals surface area contributed by atoms with Crippen LogP contribution in [0.25, 0.3) is 0 Å². The fourth-order valence-electron chi connectivity index (χ4n) is 1.45. The Morgan fingerprint density at radius 2 is 2.21 bits per heavy atom. The zero-order valence-corrected chi connectivity index (χ0v) is 11.8. The highest BCUT2D eigenvalue weighted by Gasteiger charge is 2.10. The molecule has 1 N–H and O–H groups in total. The van der Waals surface area contributed by atoms with Crippen LogP contribution < -0.4 is 4.72 Å². The average molecular weight is 301 g/mol. The lowest BCUT2D eigenvalue weighted by molar-refractivity contribution is 0.601. The third-order valence-corrected chi connectivity index (χ3v) is 3.89. The minimum Gasteiger partial charge on any atom is -0.250 e. The van der Waals surface area contributed by atoms with Crippen LogP contribution in [-0.4, -0.2) is 28.9 Å². The second-order valence-electron chi connectivity index (χ2n) is 3.90. The van der Waals surface area contributed by atoms with Crippen molar-refractivity contribution in [1.82, 2.24) is 14.8 Å². The van der Waals surface area contributed by atoms with E-state index in [1.807, 2.05) is 18.2 Å². The number of benzene rings is 1. The molecule has 2 aromatic rings. The molecule has 0 saturated carbocycles. The van der Waals surface area contributed by atoms with Crippen LogP contribution >= 0.6 is 11.6 Å². The van der Waals surface area contributed by atoms with Gasteiger partial charge in [0, 0.05) is 5.02 Å².